The topological polar surface area (TPSA) is 100 Å². The van der Waals surface area contributed by atoms with Crippen LogP contribution < -0.4 is 20.3 Å². The van der Waals surface area contributed by atoms with Crippen LogP contribution in [0.4, 0.5) is 16.2 Å². The Labute approximate surface area is 214 Å². The highest BCUT2D eigenvalue weighted by Crippen LogP contribution is 2.32. The van der Waals surface area contributed by atoms with Crippen molar-refractivity contribution < 1.29 is 23.9 Å². The third-order valence-electron chi connectivity index (χ3n) is 5.69. The Hall–Kier alpha value is -2.18. The van der Waals surface area contributed by atoms with Gasteiger partial charge in [-0.05, 0) is 59.7 Å². The fourth-order valence-electron chi connectivity index (χ4n) is 4.00. The number of benzene rings is 1. The molecule has 1 aromatic carbocycles. The van der Waals surface area contributed by atoms with Gasteiger partial charge in [0.25, 0.3) is 5.91 Å². The molecule has 0 aliphatic carbocycles. The van der Waals surface area contributed by atoms with Gasteiger partial charge in [-0.2, -0.15) is 0 Å². The zero-order chi connectivity index (χ0) is 24.3. The third-order valence-corrected chi connectivity index (χ3v) is 7.50. The number of hydrogen-bond donors (Lipinski definition) is 2. The van der Waals surface area contributed by atoms with E-state index in [-0.39, 0.29) is 18.2 Å². The second-order valence-corrected chi connectivity index (χ2v) is 11.0. The van der Waals surface area contributed by atoms with E-state index in [0.29, 0.717) is 60.7 Å². The monoisotopic (exact) mass is 570 g/mol. The molecule has 3 amide bonds. The summed E-state index contributed by atoms with van der Waals surface area (Å²) in [6.07, 6.45) is 0.0110. The van der Waals surface area contributed by atoms with E-state index >= 15 is 0 Å². The lowest BCUT2D eigenvalue weighted by atomic mass is 9.97. The van der Waals surface area contributed by atoms with E-state index in [9.17, 15) is 14.4 Å². The van der Waals surface area contributed by atoms with E-state index < -0.39 is 11.6 Å². The van der Waals surface area contributed by atoms with E-state index in [1.54, 1.807) is 35.2 Å². The molecule has 3 heterocycles. The van der Waals surface area contributed by atoms with E-state index in [2.05, 4.69) is 26.6 Å². The maximum atomic E-state index is 13.3. The molecule has 34 heavy (non-hydrogen) atoms. The minimum absolute atomic E-state index is 0.0652. The van der Waals surface area contributed by atoms with E-state index in [0.717, 1.165) is 3.79 Å². The molecule has 2 saturated heterocycles. The standard InChI is InChI=1S/C22H24BrClN4O5S/c1-27-8-7-22(13-27,26-21(31)33-19-5-4-17(23)34-19)20(30)25-14-2-3-16(15(24)12-14)28-9-11-32-10-6-18(28)29/h2-5,12H,6-11,13H2,1H3,(H,25,30)(H,26,31). The van der Waals surface area contributed by atoms with Crippen molar-refractivity contribution in [2.45, 2.75) is 18.4 Å². The minimum Gasteiger partial charge on any atom is -0.399 e. The highest BCUT2D eigenvalue weighted by Gasteiger charge is 2.45. The SMILES string of the molecule is CN1CCC(NC(=O)Oc2ccc(Br)s2)(C(=O)Nc2ccc(N3CCOCCC3=O)c(Cl)c2)C1. The van der Waals surface area contributed by atoms with Crippen molar-refractivity contribution in [3.63, 3.8) is 0 Å². The summed E-state index contributed by atoms with van der Waals surface area (Å²) in [5.74, 6) is -0.436. The summed E-state index contributed by atoms with van der Waals surface area (Å²) in [6.45, 7) is 2.19. The lowest BCUT2D eigenvalue weighted by molar-refractivity contribution is -0.121. The molecular weight excluding hydrogens is 548 g/mol. The van der Waals surface area contributed by atoms with Gasteiger partial charge < -0.3 is 29.9 Å². The highest BCUT2D eigenvalue weighted by molar-refractivity contribution is 9.11. The van der Waals surface area contributed by atoms with Crippen LogP contribution in [0, 0.1) is 0 Å². The first kappa shape index (κ1) is 24.9. The number of thiophene rings is 1. The number of amides is 3. The summed E-state index contributed by atoms with van der Waals surface area (Å²) in [7, 11) is 1.88. The number of anilines is 2. The summed E-state index contributed by atoms with van der Waals surface area (Å²) < 4.78 is 11.5. The number of rotatable bonds is 5. The third kappa shape index (κ3) is 5.72. The Morgan fingerprint density at radius 1 is 1.24 bits per heavy atom. The minimum atomic E-state index is -1.16. The van der Waals surface area contributed by atoms with Crippen LogP contribution in [0.15, 0.2) is 34.1 Å². The molecule has 1 atom stereocenters. The molecule has 2 N–H and O–H groups in total. The molecule has 2 fully saturated rings. The van der Waals surface area contributed by atoms with Crippen LogP contribution >= 0.6 is 38.9 Å². The van der Waals surface area contributed by atoms with Crippen LogP contribution in [0.1, 0.15) is 12.8 Å². The fourth-order valence-corrected chi connectivity index (χ4v) is 5.47. The van der Waals surface area contributed by atoms with Crippen molar-refractivity contribution >= 4 is 68.2 Å². The zero-order valence-corrected chi connectivity index (χ0v) is 21.6. The van der Waals surface area contributed by atoms with Gasteiger partial charge in [0.15, 0.2) is 5.06 Å². The maximum absolute atomic E-state index is 13.3. The van der Waals surface area contributed by atoms with Crippen molar-refractivity contribution in [2.24, 2.45) is 0 Å². The van der Waals surface area contributed by atoms with Crippen molar-refractivity contribution in [3.05, 3.63) is 39.1 Å². The molecule has 1 unspecified atom stereocenters. The molecule has 0 spiro atoms. The van der Waals surface area contributed by atoms with Gasteiger partial charge >= 0.3 is 6.09 Å². The highest BCUT2D eigenvalue weighted by atomic mass is 79.9. The smallest absolute Gasteiger partial charge is 0.399 e. The first-order valence-corrected chi connectivity index (χ1v) is 12.7. The van der Waals surface area contributed by atoms with Crippen molar-refractivity contribution in [3.8, 4) is 5.06 Å². The van der Waals surface area contributed by atoms with E-state index in [1.807, 2.05) is 11.9 Å². The second-order valence-electron chi connectivity index (χ2n) is 8.17. The Balaban J connectivity index is 1.47. The van der Waals surface area contributed by atoms with Crippen molar-refractivity contribution in [2.75, 3.05) is 50.1 Å². The molecule has 2 aromatic rings. The van der Waals surface area contributed by atoms with Crippen molar-refractivity contribution in [1.29, 1.82) is 0 Å². The predicted molar refractivity (Wildman–Crippen MR) is 134 cm³/mol. The quantitative estimate of drug-likeness (QED) is 0.568. The van der Waals surface area contributed by atoms with Crippen LogP contribution in [0.5, 0.6) is 5.06 Å². The van der Waals surface area contributed by atoms with Gasteiger partial charge in [0, 0.05) is 25.3 Å². The van der Waals surface area contributed by atoms with Gasteiger partial charge in [0.2, 0.25) is 5.91 Å². The first-order valence-electron chi connectivity index (χ1n) is 10.7. The number of carbonyl (C=O) groups excluding carboxylic acids is 3. The second kappa shape index (κ2) is 10.6. The average molecular weight is 572 g/mol. The van der Waals surface area contributed by atoms with Gasteiger partial charge in [0.05, 0.1) is 34.1 Å². The molecule has 0 radical (unpaired) electrons. The molecule has 0 saturated carbocycles. The average Bonchev–Trinajstić information content (AvgIpc) is 3.29. The molecule has 9 nitrogen and oxygen atoms in total. The Morgan fingerprint density at radius 2 is 2.06 bits per heavy atom. The normalized spacial score (nSPS) is 21.3. The Kier molecular flexibility index (Phi) is 7.78. The van der Waals surface area contributed by atoms with Gasteiger partial charge in [-0.3, -0.25) is 9.59 Å². The van der Waals surface area contributed by atoms with Crippen LogP contribution in [-0.4, -0.2) is 68.2 Å². The van der Waals surface area contributed by atoms with Gasteiger partial charge in [-0.15, -0.1) is 0 Å². The molecule has 4 rings (SSSR count). The zero-order valence-electron chi connectivity index (χ0n) is 18.4. The fraction of sp³-hybridized carbons (Fsp3) is 0.409. The molecule has 2 aliphatic rings. The number of likely N-dealkylation sites (N-methyl/N-ethyl adjacent to an activating group) is 1. The largest absolute Gasteiger partial charge is 0.414 e. The van der Waals surface area contributed by atoms with Crippen LogP contribution in [0.2, 0.25) is 5.02 Å². The van der Waals surface area contributed by atoms with Gasteiger partial charge in [-0.1, -0.05) is 22.9 Å². The van der Waals surface area contributed by atoms with E-state index in [4.69, 9.17) is 21.1 Å². The van der Waals surface area contributed by atoms with Crippen LogP contribution in [0.3, 0.4) is 0 Å². The predicted octanol–water partition coefficient (Wildman–Crippen LogP) is 3.72. The summed E-state index contributed by atoms with van der Waals surface area (Å²) in [6, 6.07) is 8.43. The molecule has 0 bridgehead atoms. The number of nitrogens with zero attached hydrogens (tertiary/aromatic N) is 2. The summed E-state index contributed by atoms with van der Waals surface area (Å²) in [4.78, 5) is 41.8. The van der Waals surface area contributed by atoms with Crippen LogP contribution in [0.25, 0.3) is 0 Å². The van der Waals surface area contributed by atoms with Crippen LogP contribution in [-0.2, 0) is 14.3 Å². The molecule has 12 heteroatoms. The lowest BCUT2D eigenvalue weighted by Gasteiger charge is -2.28. The number of likely N-dealkylation sites (tertiary alicyclic amines) is 1. The summed E-state index contributed by atoms with van der Waals surface area (Å²) in [5, 5.41) is 6.38. The first-order chi connectivity index (χ1) is 16.3. The van der Waals surface area contributed by atoms with Gasteiger partial charge in [0.1, 0.15) is 5.54 Å². The number of carbonyl (C=O) groups is 3. The number of hydrogen-bond acceptors (Lipinski definition) is 7. The number of nitrogens with one attached hydrogen (secondary N) is 2. The van der Waals surface area contributed by atoms with E-state index in [1.165, 1.54) is 11.3 Å². The molecule has 2 aliphatic heterocycles. The van der Waals surface area contributed by atoms with Crippen molar-refractivity contribution in [1.82, 2.24) is 10.2 Å². The molecule has 182 valence electrons. The number of ether oxygens (including phenoxy) is 2. The maximum Gasteiger partial charge on any atom is 0.414 e. The lowest BCUT2D eigenvalue weighted by Crippen LogP contribution is -2.58. The summed E-state index contributed by atoms with van der Waals surface area (Å²) >= 11 is 11.1. The molecular formula is C22H24BrClN4O5S. The summed E-state index contributed by atoms with van der Waals surface area (Å²) in [5.41, 5.74) is -0.137. The molecule has 1 aromatic heterocycles. The number of halogens is 2. The Morgan fingerprint density at radius 3 is 2.74 bits per heavy atom. The van der Waals surface area contributed by atoms with Gasteiger partial charge in [-0.25, -0.2) is 4.79 Å². The Bertz CT molecular complexity index is 1100.